The van der Waals surface area contributed by atoms with E-state index < -0.39 is 0 Å². The first-order chi connectivity index (χ1) is 7.20. The van der Waals surface area contributed by atoms with Crippen molar-refractivity contribution in [1.82, 2.24) is 0 Å². The highest BCUT2D eigenvalue weighted by atomic mass is 31.1. The highest BCUT2D eigenvalue weighted by molar-refractivity contribution is 7.39. The summed E-state index contributed by atoms with van der Waals surface area (Å²) < 4.78 is 0. The first-order valence-electron chi connectivity index (χ1n) is 6.96. The van der Waals surface area contributed by atoms with Gasteiger partial charge in [-0.05, 0) is 24.2 Å². The molecule has 2 atom stereocenters. The van der Waals surface area contributed by atoms with Gasteiger partial charge in [0.2, 0.25) is 0 Å². The summed E-state index contributed by atoms with van der Waals surface area (Å²) in [6.45, 7) is 9.48. The van der Waals surface area contributed by atoms with Crippen LogP contribution in [0.25, 0.3) is 0 Å². The molecule has 92 valence electrons. The molecule has 0 heterocycles. The van der Waals surface area contributed by atoms with E-state index in [1.165, 1.54) is 59.9 Å². The van der Waals surface area contributed by atoms with Crippen molar-refractivity contribution in [1.29, 1.82) is 0 Å². The fraction of sp³-hybridized carbons (Fsp3) is 1.00. The summed E-state index contributed by atoms with van der Waals surface area (Å²) in [5, 5.41) is 0. The van der Waals surface area contributed by atoms with Gasteiger partial charge in [0.1, 0.15) is 0 Å². The van der Waals surface area contributed by atoms with E-state index in [0.29, 0.717) is 0 Å². The third kappa shape index (κ3) is 10.7. The van der Waals surface area contributed by atoms with Crippen LogP contribution < -0.4 is 0 Å². The molecule has 0 aromatic carbocycles. The van der Waals surface area contributed by atoms with E-state index in [9.17, 15) is 0 Å². The monoisotopic (exact) mass is 230 g/mol. The zero-order valence-electron chi connectivity index (χ0n) is 11.3. The summed E-state index contributed by atoms with van der Waals surface area (Å²) in [6.07, 6.45) is 11.4. The van der Waals surface area contributed by atoms with Crippen LogP contribution in [0.2, 0.25) is 0 Å². The largest absolute Gasteiger partial charge is 0.116 e. The summed E-state index contributed by atoms with van der Waals surface area (Å²) in [6, 6.07) is 0. The van der Waals surface area contributed by atoms with E-state index in [-0.39, 0.29) is 0 Å². The average molecular weight is 230 g/mol. The highest BCUT2D eigenvalue weighted by Gasteiger charge is 2.07. The minimum absolute atomic E-state index is 0.980. The Morgan fingerprint density at radius 3 is 1.47 bits per heavy atom. The van der Waals surface area contributed by atoms with Gasteiger partial charge in [-0.3, -0.25) is 0 Å². The molecule has 0 aliphatic heterocycles. The van der Waals surface area contributed by atoms with Crippen LogP contribution in [-0.4, -0.2) is 11.3 Å². The molecule has 0 aromatic rings. The van der Waals surface area contributed by atoms with E-state index in [4.69, 9.17) is 0 Å². The smallest absolute Gasteiger partial charge is 0.0263 e. The number of unbranched alkanes of at least 4 members (excludes halogenated alkanes) is 4. The van der Waals surface area contributed by atoms with Crippen molar-refractivity contribution in [2.45, 2.75) is 90.4 Å². The second-order valence-corrected chi connectivity index (χ2v) is 7.26. The zero-order chi connectivity index (χ0) is 11.5. The van der Waals surface area contributed by atoms with Gasteiger partial charge >= 0.3 is 0 Å². The molecule has 15 heavy (non-hydrogen) atoms. The van der Waals surface area contributed by atoms with Crippen molar-refractivity contribution in [2.24, 2.45) is 0 Å². The van der Waals surface area contributed by atoms with Gasteiger partial charge < -0.3 is 0 Å². The Labute approximate surface area is 99.4 Å². The lowest BCUT2D eigenvalue weighted by atomic mass is 10.2. The van der Waals surface area contributed by atoms with Crippen molar-refractivity contribution in [3.63, 3.8) is 0 Å². The molecule has 0 amide bonds. The minimum atomic E-state index is 0.980. The van der Waals surface area contributed by atoms with Crippen molar-refractivity contribution < 1.29 is 0 Å². The predicted molar refractivity (Wildman–Crippen MR) is 75.5 cm³/mol. The lowest BCUT2D eigenvalue weighted by molar-refractivity contribution is 0.644. The molecule has 0 fully saturated rings. The quantitative estimate of drug-likeness (QED) is 0.338. The molecular weight excluding hydrogens is 199 g/mol. The second kappa shape index (κ2) is 10.9. The molecule has 0 aliphatic carbocycles. The standard InChI is InChI=1S/C14H31P/c1-5-7-9-11-13(3)15-14(4)12-10-8-6-2/h13-15H,5-12H2,1-4H3. The Bertz CT molecular complexity index is 109. The molecule has 0 rings (SSSR count). The van der Waals surface area contributed by atoms with Crippen LogP contribution in [-0.2, 0) is 0 Å². The second-order valence-electron chi connectivity index (χ2n) is 4.96. The topological polar surface area (TPSA) is 0 Å². The molecule has 0 saturated carbocycles. The molecule has 0 aliphatic rings. The number of hydrogen-bond acceptors (Lipinski definition) is 0. The van der Waals surface area contributed by atoms with Crippen LogP contribution in [0.3, 0.4) is 0 Å². The maximum Gasteiger partial charge on any atom is -0.0263 e. The Kier molecular flexibility index (Phi) is 11.2. The number of hydrogen-bond donors (Lipinski definition) is 0. The van der Waals surface area contributed by atoms with Gasteiger partial charge in [0.05, 0.1) is 0 Å². The van der Waals surface area contributed by atoms with Gasteiger partial charge in [0.15, 0.2) is 0 Å². The fourth-order valence-electron chi connectivity index (χ4n) is 2.05. The minimum Gasteiger partial charge on any atom is -0.116 e. The first kappa shape index (κ1) is 15.4. The third-order valence-corrected chi connectivity index (χ3v) is 4.77. The highest BCUT2D eigenvalue weighted by Crippen LogP contribution is 2.31. The average Bonchev–Trinajstić information content (AvgIpc) is 2.18. The fourth-order valence-corrected chi connectivity index (χ4v) is 3.77. The first-order valence-corrected chi connectivity index (χ1v) is 8.12. The van der Waals surface area contributed by atoms with Crippen LogP contribution >= 0.6 is 8.58 Å². The van der Waals surface area contributed by atoms with Gasteiger partial charge in [-0.15, -0.1) is 8.58 Å². The van der Waals surface area contributed by atoms with Gasteiger partial charge in [0.25, 0.3) is 0 Å². The lowest BCUT2D eigenvalue weighted by Crippen LogP contribution is -2.02. The normalized spacial score (nSPS) is 16.0. The van der Waals surface area contributed by atoms with E-state index >= 15 is 0 Å². The molecule has 0 spiro atoms. The summed E-state index contributed by atoms with van der Waals surface area (Å²) in [4.78, 5) is 0. The summed E-state index contributed by atoms with van der Waals surface area (Å²) >= 11 is 0. The molecular formula is C14H31P. The molecule has 0 bridgehead atoms. The Morgan fingerprint density at radius 1 is 0.733 bits per heavy atom. The molecule has 0 nitrogen and oxygen atoms in total. The third-order valence-electron chi connectivity index (χ3n) is 3.05. The van der Waals surface area contributed by atoms with E-state index in [0.717, 1.165) is 11.3 Å². The maximum atomic E-state index is 2.45. The van der Waals surface area contributed by atoms with Crippen molar-refractivity contribution >= 4 is 8.58 Å². The van der Waals surface area contributed by atoms with E-state index in [1.807, 2.05) is 0 Å². The molecule has 0 saturated heterocycles. The number of rotatable bonds is 10. The molecule has 0 N–H and O–H groups in total. The van der Waals surface area contributed by atoms with Crippen LogP contribution in [0.15, 0.2) is 0 Å². The Morgan fingerprint density at radius 2 is 1.13 bits per heavy atom. The summed E-state index contributed by atoms with van der Waals surface area (Å²) in [5.41, 5.74) is 1.96. The summed E-state index contributed by atoms with van der Waals surface area (Å²) in [5.74, 6) is 0. The lowest BCUT2D eigenvalue weighted by Gasteiger charge is -2.17. The van der Waals surface area contributed by atoms with Gasteiger partial charge in [0, 0.05) is 0 Å². The van der Waals surface area contributed by atoms with Crippen LogP contribution in [0.5, 0.6) is 0 Å². The van der Waals surface area contributed by atoms with Crippen LogP contribution in [0.4, 0.5) is 0 Å². The predicted octanol–water partition coefficient (Wildman–Crippen LogP) is 5.60. The molecule has 0 aromatic heterocycles. The maximum absolute atomic E-state index is 2.45. The van der Waals surface area contributed by atoms with Gasteiger partial charge in [-0.2, -0.15) is 0 Å². The Balaban J connectivity index is 3.35. The van der Waals surface area contributed by atoms with Crippen LogP contribution in [0, 0.1) is 0 Å². The molecule has 0 radical (unpaired) electrons. The molecule has 1 heteroatoms. The summed E-state index contributed by atoms with van der Waals surface area (Å²) in [7, 11) is 1.20. The van der Waals surface area contributed by atoms with Gasteiger partial charge in [-0.1, -0.05) is 66.2 Å². The van der Waals surface area contributed by atoms with E-state index in [2.05, 4.69) is 27.7 Å². The van der Waals surface area contributed by atoms with Crippen molar-refractivity contribution in [2.75, 3.05) is 0 Å². The molecule has 2 unspecified atom stereocenters. The zero-order valence-corrected chi connectivity index (χ0v) is 12.3. The Hall–Kier alpha value is 0.430. The van der Waals surface area contributed by atoms with Gasteiger partial charge in [-0.25, -0.2) is 0 Å². The SMILES string of the molecule is CCCCCC(C)PC(C)CCCCC. The van der Waals surface area contributed by atoms with Crippen molar-refractivity contribution in [3.05, 3.63) is 0 Å². The van der Waals surface area contributed by atoms with E-state index in [1.54, 1.807) is 0 Å². The van der Waals surface area contributed by atoms with Crippen molar-refractivity contribution in [3.8, 4) is 0 Å². The van der Waals surface area contributed by atoms with Crippen LogP contribution in [0.1, 0.15) is 79.1 Å².